The van der Waals surface area contributed by atoms with Gasteiger partial charge in [-0.1, -0.05) is 29.3 Å². The van der Waals surface area contributed by atoms with E-state index < -0.39 is 5.92 Å². The Kier molecular flexibility index (Phi) is 5.23. The first-order valence-corrected chi connectivity index (χ1v) is 9.96. The predicted molar refractivity (Wildman–Crippen MR) is 111 cm³/mol. The second-order valence-electron chi connectivity index (χ2n) is 6.91. The summed E-state index contributed by atoms with van der Waals surface area (Å²) in [5, 5.41) is 0.852. The van der Waals surface area contributed by atoms with Crippen molar-refractivity contribution in [1.29, 1.82) is 0 Å². The Hall–Kier alpha value is -2.57. The van der Waals surface area contributed by atoms with Crippen LogP contribution in [0.2, 0.25) is 10.0 Å². The summed E-state index contributed by atoms with van der Waals surface area (Å²) >= 11 is 12.2. The molecule has 8 heteroatoms. The number of fused-ring (bicyclic) bond motifs is 1. The smallest absolute Gasteiger partial charge is 0.311 e. The molecule has 0 radical (unpaired) electrons. The number of halogens is 2. The van der Waals surface area contributed by atoms with E-state index in [4.69, 9.17) is 32.4 Å². The first-order chi connectivity index (χ1) is 13.9. The third-order valence-electron chi connectivity index (χ3n) is 4.90. The Morgan fingerprint density at radius 1 is 1.31 bits per heavy atom. The molecule has 1 aliphatic heterocycles. The van der Waals surface area contributed by atoms with Crippen LogP contribution in [0, 0.1) is 12.8 Å². The van der Waals surface area contributed by atoms with E-state index in [9.17, 15) is 9.59 Å². The number of amides is 1. The maximum absolute atomic E-state index is 12.6. The number of carbonyl (C=O) groups is 2. The van der Waals surface area contributed by atoms with Crippen molar-refractivity contribution in [2.45, 2.75) is 20.3 Å². The van der Waals surface area contributed by atoms with Crippen LogP contribution in [0.5, 0.6) is 0 Å². The van der Waals surface area contributed by atoms with Crippen LogP contribution in [-0.2, 0) is 14.3 Å². The molecule has 1 aromatic heterocycles. The Balaban J connectivity index is 1.69. The van der Waals surface area contributed by atoms with Gasteiger partial charge in [0.25, 0.3) is 0 Å². The zero-order chi connectivity index (χ0) is 20.7. The maximum Gasteiger partial charge on any atom is 0.311 e. The van der Waals surface area contributed by atoms with Crippen molar-refractivity contribution in [2.24, 2.45) is 5.92 Å². The summed E-state index contributed by atoms with van der Waals surface area (Å²) in [4.78, 5) is 30.7. The van der Waals surface area contributed by atoms with Gasteiger partial charge in [0.15, 0.2) is 5.58 Å². The summed E-state index contributed by atoms with van der Waals surface area (Å²) in [5.74, 6) is -0.548. The number of oxazole rings is 1. The van der Waals surface area contributed by atoms with E-state index in [1.165, 1.54) is 0 Å². The standard InChI is InChI=1S/C21H18Cl2N2O4/c1-3-28-21(27)13-7-18(26)25(10-13)17-6-12(5-4-11(17)2)20-24-16-9-14(22)8-15(23)19(16)29-20/h4-6,8-9,13H,3,7,10H2,1-2H3. The molecule has 2 heterocycles. The first kappa shape index (κ1) is 19.7. The van der Waals surface area contributed by atoms with E-state index in [0.717, 1.165) is 5.56 Å². The summed E-state index contributed by atoms with van der Waals surface area (Å²) < 4.78 is 10.9. The van der Waals surface area contributed by atoms with Gasteiger partial charge in [0, 0.05) is 29.2 Å². The van der Waals surface area contributed by atoms with Gasteiger partial charge in [-0.3, -0.25) is 9.59 Å². The van der Waals surface area contributed by atoms with Crippen LogP contribution in [0.15, 0.2) is 34.7 Å². The Morgan fingerprint density at radius 3 is 2.86 bits per heavy atom. The molecule has 29 heavy (non-hydrogen) atoms. The molecular formula is C21H18Cl2N2O4. The summed E-state index contributed by atoms with van der Waals surface area (Å²) in [6.07, 6.45) is 0.138. The van der Waals surface area contributed by atoms with E-state index in [2.05, 4.69) is 4.98 Å². The topological polar surface area (TPSA) is 72.6 Å². The maximum atomic E-state index is 12.6. The fourth-order valence-electron chi connectivity index (χ4n) is 3.47. The number of rotatable bonds is 4. The van der Waals surface area contributed by atoms with Crippen molar-refractivity contribution in [3.63, 3.8) is 0 Å². The molecule has 0 saturated carbocycles. The third kappa shape index (κ3) is 3.70. The minimum Gasteiger partial charge on any atom is -0.466 e. The van der Waals surface area contributed by atoms with Crippen molar-refractivity contribution >= 4 is 51.9 Å². The summed E-state index contributed by atoms with van der Waals surface area (Å²) in [6.45, 7) is 4.24. The minimum absolute atomic E-state index is 0.115. The van der Waals surface area contributed by atoms with Crippen LogP contribution >= 0.6 is 23.2 Å². The van der Waals surface area contributed by atoms with E-state index in [-0.39, 0.29) is 24.8 Å². The van der Waals surface area contributed by atoms with Gasteiger partial charge in [-0.15, -0.1) is 0 Å². The fraction of sp³-hybridized carbons (Fsp3) is 0.286. The number of nitrogens with zero attached hydrogens (tertiary/aromatic N) is 2. The van der Waals surface area contributed by atoms with E-state index in [1.54, 1.807) is 24.0 Å². The molecule has 1 unspecified atom stereocenters. The van der Waals surface area contributed by atoms with Crippen molar-refractivity contribution in [2.75, 3.05) is 18.1 Å². The number of hydrogen-bond donors (Lipinski definition) is 0. The number of aryl methyl sites for hydroxylation is 1. The van der Waals surface area contributed by atoms with Crippen LogP contribution in [-0.4, -0.2) is 30.0 Å². The number of esters is 1. The van der Waals surface area contributed by atoms with E-state index >= 15 is 0 Å². The Morgan fingerprint density at radius 2 is 2.10 bits per heavy atom. The Bertz CT molecular complexity index is 1130. The van der Waals surface area contributed by atoms with Crippen LogP contribution in [0.4, 0.5) is 5.69 Å². The van der Waals surface area contributed by atoms with Gasteiger partial charge in [-0.25, -0.2) is 4.98 Å². The molecule has 1 aliphatic rings. The van der Waals surface area contributed by atoms with Crippen molar-refractivity contribution in [3.05, 3.63) is 45.9 Å². The van der Waals surface area contributed by atoms with Gasteiger partial charge in [-0.2, -0.15) is 0 Å². The zero-order valence-corrected chi connectivity index (χ0v) is 17.4. The molecule has 6 nitrogen and oxygen atoms in total. The second kappa shape index (κ2) is 7.69. The number of benzene rings is 2. The highest BCUT2D eigenvalue weighted by atomic mass is 35.5. The zero-order valence-electron chi connectivity index (χ0n) is 15.9. The SMILES string of the molecule is CCOC(=O)C1CC(=O)N(c2cc(-c3nc4cc(Cl)cc(Cl)c4o3)ccc2C)C1. The minimum atomic E-state index is -0.462. The van der Waals surface area contributed by atoms with Crippen molar-refractivity contribution < 1.29 is 18.7 Å². The molecule has 2 aromatic carbocycles. The highest BCUT2D eigenvalue weighted by molar-refractivity contribution is 6.38. The normalized spacial score (nSPS) is 16.6. The lowest BCUT2D eigenvalue weighted by atomic mass is 10.1. The summed E-state index contributed by atoms with van der Waals surface area (Å²) in [6, 6.07) is 8.86. The van der Waals surface area contributed by atoms with Gasteiger partial charge in [-0.05, 0) is 43.7 Å². The first-order valence-electron chi connectivity index (χ1n) is 9.21. The molecule has 0 aliphatic carbocycles. The van der Waals surface area contributed by atoms with Gasteiger partial charge in [0.05, 0.1) is 17.5 Å². The number of hydrogen-bond acceptors (Lipinski definition) is 5. The third-order valence-corrected chi connectivity index (χ3v) is 5.40. The molecule has 1 saturated heterocycles. The molecule has 150 valence electrons. The van der Waals surface area contributed by atoms with E-state index in [0.29, 0.717) is 44.9 Å². The lowest BCUT2D eigenvalue weighted by molar-refractivity contribution is -0.147. The fourth-order valence-corrected chi connectivity index (χ4v) is 4.00. The molecule has 0 N–H and O–H groups in total. The van der Waals surface area contributed by atoms with E-state index in [1.807, 2.05) is 25.1 Å². The monoisotopic (exact) mass is 432 g/mol. The molecule has 0 spiro atoms. The van der Waals surface area contributed by atoms with Crippen LogP contribution in [0.3, 0.4) is 0 Å². The number of ether oxygens (including phenoxy) is 1. The largest absolute Gasteiger partial charge is 0.466 e. The number of anilines is 1. The number of carbonyl (C=O) groups excluding carboxylic acids is 2. The highest BCUT2D eigenvalue weighted by Gasteiger charge is 2.36. The molecule has 0 bridgehead atoms. The average Bonchev–Trinajstić information content (AvgIpc) is 3.26. The predicted octanol–water partition coefficient (Wildman–Crippen LogP) is 5.03. The van der Waals surface area contributed by atoms with Crippen molar-refractivity contribution in [1.82, 2.24) is 4.98 Å². The van der Waals surface area contributed by atoms with Crippen LogP contribution < -0.4 is 4.90 Å². The Labute approximate surface area is 177 Å². The molecule has 3 aromatic rings. The summed E-state index contributed by atoms with van der Waals surface area (Å²) in [5.41, 5.74) is 3.32. The average molecular weight is 433 g/mol. The highest BCUT2D eigenvalue weighted by Crippen LogP contribution is 2.35. The van der Waals surface area contributed by atoms with Gasteiger partial charge in [0.2, 0.25) is 11.8 Å². The van der Waals surface area contributed by atoms with Crippen LogP contribution in [0.25, 0.3) is 22.6 Å². The van der Waals surface area contributed by atoms with Gasteiger partial charge >= 0.3 is 5.97 Å². The summed E-state index contributed by atoms with van der Waals surface area (Å²) in [7, 11) is 0. The molecular weight excluding hydrogens is 415 g/mol. The molecule has 1 amide bonds. The quantitative estimate of drug-likeness (QED) is 0.540. The number of aromatic nitrogens is 1. The molecule has 4 rings (SSSR count). The van der Waals surface area contributed by atoms with Crippen LogP contribution in [0.1, 0.15) is 18.9 Å². The second-order valence-corrected chi connectivity index (χ2v) is 7.76. The van der Waals surface area contributed by atoms with Crippen molar-refractivity contribution in [3.8, 4) is 11.5 Å². The van der Waals surface area contributed by atoms with Gasteiger partial charge in [0.1, 0.15) is 5.52 Å². The lowest BCUT2D eigenvalue weighted by Crippen LogP contribution is -2.27. The molecule has 1 atom stereocenters. The lowest BCUT2D eigenvalue weighted by Gasteiger charge is -2.19. The molecule has 1 fully saturated rings. The van der Waals surface area contributed by atoms with Gasteiger partial charge < -0.3 is 14.1 Å².